The molecule has 0 unspecified atom stereocenters. The highest BCUT2D eigenvalue weighted by molar-refractivity contribution is 9.12. The van der Waals surface area contributed by atoms with E-state index < -0.39 is 29.4 Å². The first-order valence-electron chi connectivity index (χ1n) is 4.84. The number of alkyl halides is 5. The van der Waals surface area contributed by atoms with Crippen molar-refractivity contribution in [3.05, 3.63) is 16.4 Å². The number of nitrogens with two attached hydrogens (primary N) is 1. The van der Waals surface area contributed by atoms with Gasteiger partial charge in [0.15, 0.2) is 17.3 Å². The van der Waals surface area contributed by atoms with E-state index in [0.717, 1.165) is 19.5 Å². The summed E-state index contributed by atoms with van der Waals surface area (Å²) in [5.74, 6) is -7.21. The van der Waals surface area contributed by atoms with E-state index in [4.69, 9.17) is 5.73 Å². The molecule has 0 saturated heterocycles. The van der Waals surface area contributed by atoms with Crippen molar-refractivity contribution in [1.29, 1.82) is 0 Å². The Morgan fingerprint density at radius 3 is 2.40 bits per heavy atom. The fourth-order valence-electron chi connectivity index (χ4n) is 1.16. The summed E-state index contributed by atoms with van der Waals surface area (Å²) in [6.07, 6.45) is -3.81. The summed E-state index contributed by atoms with van der Waals surface area (Å²) < 4.78 is 63.8. The van der Waals surface area contributed by atoms with Crippen molar-refractivity contribution in [1.82, 2.24) is 9.78 Å². The SMILES string of the molecule is Cn1nc(C(F)(F)C(F)(F)F)c(O)c1N=CC(Br)=CN. The zero-order chi connectivity index (χ0) is 15.7. The Labute approximate surface area is 117 Å². The van der Waals surface area contributed by atoms with Gasteiger partial charge in [0.05, 0.1) is 4.48 Å². The lowest BCUT2D eigenvalue weighted by Crippen LogP contribution is -2.34. The molecule has 1 aromatic heterocycles. The van der Waals surface area contributed by atoms with Crippen LogP contribution in [0.4, 0.5) is 27.8 Å². The molecule has 3 N–H and O–H groups in total. The van der Waals surface area contributed by atoms with Crippen LogP contribution in [0.1, 0.15) is 5.69 Å². The Balaban J connectivity index is 3.33. The van der Waals surface area contributed by atoms with Crippen molar-refractivity contribution < 1.29 is 27.1 Å². The molecule has 0 atom stereocenters. The Morgan fingerprint density at radius 2 is 1.95 bits per heavy atom. The van der Waals surface area contributed by atoms with Crippen LogP contribution in [0, 0.1) is 0 Å². The number of allylic oxidation sites excluding steroid dienone is 1. The molecule has 0 fully saturated rings. The van der Waals surface area contributed by atoms with Gasteiger partial charge in [-0.2, -0.15) is 27.1 Å². The maximum absolute atomic E-state index is 13.1. The molecular formula is C9H8BrF5N4O. The number of hydrogen-bond acceptors (Lipinski definition) is 4. The van der Waals surface area contributed by atoms with Crippen molar-refractivity contribution in [3.8, 4) is 5.75 Å². The van der Waals surface area contributed by atoms with E-state index >= 15 is 0 Å². The highest BCUT2D eigenvalue weighted by Gasteiger charge is 2.62. The molecule has 1 rings (SSSR count). The predicted molar refractivity (Wildman–Crippen MR) is 64.2 cm³/mol. The highest BCUT2D eigenvalue weighted by Crippen LogP contribution is 2.48. The minimum Gasteiger partial charge on any atom is -0.503 e. The van der Waals surface area contributed by atoms with Gasteiger partial charge in [0.25, 0.3) is 0 Å². The number of aromatic nitrogens is 2. The topological polar surface area (TPSA) is 76.4 Å². The molecular weight excluding hydrogens is 355 g/mol. The highest BCUT2D eigenvalue weighted by atomic mass is 79.9. The summed E-state index contributed by atoms with van der Waals surface area (Å²) in [6.45, 7) is 0. The van der Waals surface area contributed by atoms with E-state index in [0.29, 0.717) is 4.68 Å². The van der Waals surface area contributed by atoms with E-state index in [-0.39, 0.29) is 4.48 Å². The monoisotopic (exact) mass is 362 g/mol. The van der Waals surface area contributed by atoms with E-state index in [1.165, 1.54) is 0 Å². The van der Waals surface area contributed by atoms with Crippen LogP contribution in [0.5, 0.6) is 5.75 Å². The number of aryl methyl sites for hydroxylation is 1. The Hall–Kier alpha value is -1.65. The fourth-order valence-corrected chi connectivity index (χ4v) is 1.26. The van der Waals surface area contributed by atoms with Crippen LogP contribution in [-0.4, -0.2) is 27.3 Å². The molecule has 0 spiro atoms. The third-order valence-electron chi connectivity index (χ3n) is 2.12. The Bertz CT molecular complexity index is 563. The number of aromatic hydroxyl groups is 1. The molecule has 5 nitrogen and oxygen atoms in total. The summed E-state index contributed by atoms with van der Waals surface area (Å²) in [4.78, 5) is 3.52. The second-order valence-electron chi connectivity index (χ2n) is 3.53. The van der Waals surface area contributed by atoms with Crippen LogP contribution >= 0.6 is 15.9 Å². The molecule has 0 aliphatic rings. The van der Waals surface area contributed by atoms with Crippen molar-refractivity contribution in [2.24, 2.45) is 17.8 Å². The zero-order valence-electron chi connectivity index (χ0n) is 9.79. The number of halogens is 6. The van der Waals surface area contributed by atoms with Gasteiger partial charge in [-0.3, -0.25) is 0 Å². The van der Waals surface area contributed by atoms with Crippen LogP contribution < -0.4 is 5.73 Å². The number of hydrogen-bond donors (Lipinski definition) is 2. The third kappa shape index (κ3) is 2.92. The zero-order valence-corrected chi connectivity index (χ0v) is 11.4. The second-order valence-corrected chi connectivity index (χ2v) is 4.44. The van der Waals surface area contributed by atoms with Crippen molar-refractivity contribution in [3.63, 3.8) is 0 Å². The first-order valence-corrected chi connectivity index (χ1v) is 5.64. The lowest BCUT2D eigenvalue weighted by atomic mass is 10.2. The van der Waals surface area contributed by atoms with Gasteiger partial charge in [0.2, 0.25) is 0 Å². The van der Waals surface area contributed by atoms with E-state index in [1.54, 1.807) is 0 Å². The number of nitrogens with zero attached hydrogens (tertiary/aromatic N) is 3. The lowest BCUT2D eigenvalue weighted by molar-refractivity contribution is -0.291. The summed E-state index contributed by atoms with van der Waals surface area (Å²) in [5.41, 5.74) is 3.28. The molecule has 0 bridgehead atoms. The van der Waals surface area contributed by atoms with Crippen LogP contribution in [-0.2, 0) is 13.0 Å². The largest absolute Gasteiger partial charge is 0.503 e. The van der Waals surface area contributed by atoms with Gasteiger partial charge < -0.3 is 10.8 Å². The van der Waals surface area contributed by atoms with Crippen LogP contribution in [0.15, 0.2) is 15.7 Å². The summed E-state index contributed by atoms with van der Waals surface area (Å²) in [5, 5.41) is 12.4. The van der Waals surface area contributed by atoms with Crippen LogP contribution in [0.3, 0.4) is 0 Å². The molecule has 11 heteroatoms. The van der Waals surface area contributed by atoms with E-state index in [1.807, 2.05) is 0 Å². The minimum atomic E-state index is -5.88. The maximum atomic E-state index is 13.1. The average molecular weight is 363 g/mol. The van der Waals surface area contributed by atoms with Gasteiger partial charge in [-0.05, 0) is 15.9 Å². The van der Waals surface area contributed by atoms with Gasteiger partial charge >= 0.3 is 12.1 Å². The molecule has 20 heavy (non-hydrogen) atoms. The average Bonchev–Trinajstić information content (AvgIpc) is 2.61. The Kier molecular flexibility index (Phi) is 4.42. The first-order chi connectivity index (χ1) is 9.02. The normalized spacial score (nSPS) is 14.2. The molecule has 0 saturated carbocycles. The summed E-state index contributed by atoms with van der Waals surface area (Å²) >= 11 is 2.91. The quantitative estimate of drug-likeness (QED) is 0.641. The number of aliphatic imine (C=N–C) groups is 1. The Morgan fingerprint density at radius 1 is 1.40 bits per heavy atom. The van der Waals surface area contributed by atoms with Crippen molar-refractivity contribution in [2.45, 2.75) is 12.1 Å². The fraction of sp³-hybridized carbons (Fsp3) is 0.333. The summed E-state index contributed by atoms with van der Waals surface area (Å²) in [6, 6.07) is 0. The van der Waals surface area contributed by atoms with Gasteiger partial charge in [-0.15, -0.1) is 0 Å². The van der Waals surface area contributed by atoms with Crippen LogP contribution in [0.2, 0.25) is 0 Å². The predicted octanol–water partition coefficient (Wildman–Crippen LogP) is 2.68. The van der Waals surface area contributed by atoms with Crippen molar-refractivity contribution >= 4 is 28.0 Å². The smallest absolute Gasteiger partial charge is 0.459 e. The number of rotatable bonds is 3. The van der Waals surface area contributed by atoms with Gasteiger partial charge in [-0.25, -0.2) is 9.67 Å². The van der Waals surface area contributed by atoms with E-state index in [2.05, 4.69) is 26.0 Å². The molecule has 0 radical (unpaired) electrons. The molecule has 0 amide bonds. The molecule has 0 aliphatic carbocycles. The standard InChI is InChI=1S/C9H8BrF5N4O/c1-19-7(17-3-4(10)2-16)5(20)6(18-19)8(11,12)9(13,14)15/h2-3,20H,16H2,1H3. The van der Waals surface area contributed by atoms with Crippen LogP contribution in [0.25, 0.3) is 0 Å². The molecule has 1 aromatic rings. The third-order valence-corrected chi connectivity index (χ3v) is 2.58. The van der Waals surface area contributed by atoms with E-state index in [9.17, 15) is 27.1 Å². The molecule has 0 aliphatic heterocycles. The van der Waals surface area contributed by atoms with Crippen molar-refractivity contribution in [2.75, 3.05) is 0 Å². The molecule has 0 aromatic carbocycles. The minimum absolute atomic E-state index is 0.224. The first kappa shape index (κ1) is 16.4. The maximum Gasteiger partial charge on any atom is 0.459 e. The van der Waals surface area contributed by atoms with Gasteiger partial charge in [0, 0.05) is 19.5 Å². The molecule has 1 heterocycles. The van der Waals surface area contributed by atoms with Gasteiger partial charge in [0.1, 0.15) is 0 Å². The second kappa shape index (κ2) is 5.38. The van der Waals surface area contributed by atoms with Gasteiger partial charge in [-0.1, -0.05) is 0 Å². The lowest BCUT2D eigenvalue weighted by Gasteiger charge is -2.17. The summed E-state index contributed by atoms with van der Waals surface area (Å²) in [7, 11) is 1.06. The molecule has 112 valence electrons.